The topological polar surface area (TPSA) is 119 Å². The van der Waals surface area contributed by atoms with Gasteiger partial charge in [0.25, 0.3) is 5.69 Å². The fourth-order valence-electron chi connectivity index (χ4n) is 4.91. The number of para-hydroxylation sites is 1. The number of fused-ring (bicyclic) bond motifs is 3. The lowest BCUT2D eigenvalue weighted by Crippen LogP contribution is -2.36. The Bertz CT molecular complexity index is 1730. The summed E-state index contributed by atoms with van der Waals surface area (Å²) in [4.78, 5) is 32.9. The zero-order chi connectivity index (χ0) is 27.6. The Morgan fingerprint density at radius 2 is 1.77 bits per heavy atom. The first-order chi connectivity index (χ1) is 19.5. The third-order valence-electron chi connectivity index (χ3n) is 6.87. The number of nitro benzene ring substituents is 1. The molecule has 0 N–H and O–H groups in total. The highest BCUT2D eigenvalue weighted by Gasteiger charge is 2.27. The molecule has 0 spiro atoms. The molecule has 0 atom stereocenters. The van der Waals surface area contributed by atoms with Gasteiger partial charge in [0.2, 0.25) is 5.95 Å². The first-order valence-corrected chi connectivity index (χ1v) is 13.2. The third-order valence-corrected chi connectivity index (χ3v) is 7.10. The first-order valence-electron chi connectivity index (χ1n) is 12.8. The summed E-state index contributed by atoms with van der Waals surface area (Å²) in [6, 6.07) is 21.3. The summed E-state index contributed by atoms with van der Waals surface area (Å²) in [5.41, 5.74) is 2.30. The van der Waals surface area contributed by atoms with E-state index in [-0.39, 0.29) is 18.4 Å². The molecular formula is C28H24ClN7O4. The normalized spacial score (nSPS) is 13.9. The molecule has 1 aliphatic rings. The van der Waals surface area contributed by atoms with Crippen LogP contribution < -0.4 is 4.90 Å². The molecule has 3 heterocycles. The minimum atomic E-state index is -0.435. The SMILES string of the molecule is O=C(OCc1ccccc1)N1CCCN(c2nc3cc(Cl)ccc3c3nnc(-c4ccccc4[N+](=O)[O-])n23)CC1. The maximum Gasteiger partial charge on any atom is 0.410 e. The van der Waals surface area contributed by atoms with Gasteiger partial charge in [0.05, 0.1) is 16.0 Å². The van der Waals surface area contributed by atoms with Crippen molar-refractivity contribution in [1.29, 1.82) is 0 Å². The fraction of sp³-hybridized carbons (Fsp3) is 0.214. The standard InChI is InChI=1S/C28H24ClN7O4/c29-20-11-12-21-23(17-20)30-27(35-25(21)31-32-26(35)22-9-4-5-10-24(22)36(38)39)33-13-6-14-34(16-15-33)28(37)40-18-19-7-2-1-3-8-19/h1-5,7-12,17H,6,13-16,18H2. The summed E-state index contributed by atoms with van der Waals surface area (Å²) in [6.07, 6.45) is 0.291. The summed E-state index contributed by atoms with van der Waals surface area (Å²) in [6.45, 7) is 2.18. The Morgan fingerprint density at radius 3 is 2.60 bits per heavy atom. The van der Waals surface area contributed by atoms with E-state index in [0.29, 0.717) is 71.5 Å². The van der Waals surface area contributed by atoms with Gasteiger partial charge >= 0.3 is 6.09 Å². The number of anilines is 1. The van der Waals surface area contributed by atoms with Crippen LogP contribution in [0.25, 0.3) is 27.9 Å². The Morgan fingerprint density at radius 1 is 0.975 bits per heavy atom. The van der Waals surface area contributed by atoms with Crippen LogP contribution in [-0.2, 0) is 11.3 Å². The average molecular weight is 558 g/mol. The van der Waals surface area contributed by atoms with Gasteiger partial charge in [-0.05, 0) is 36.2 Å². The molecule has 0 radical (unpaired) electrons. The van der Waals surface area contributed by atoms with Crippen molar-refractivity contribution in [2.75, 3.05) is 31.1 Å². The molecular weight excluding hydrogens is 534 g/mol. The van der Waals surface area contributed by atoms with Crippen LogP contribution in [-0.4, -0.2) is 61.7 Å². The van der Waals surface area contributed by atoms with Crippen molar-refractivity contribution < 1.29 is 14.5 Å². The van der Waals surface area contributed by atoms with E-state index in [0.717, 1.165) is 5.56 Å². The molecule has 202 valence electrons. The van der Waals surface area contributed by atoms with Gasteiger partial charge in [0.1, 0.15) is 6.61 Å². The van der Waals surface area contributed by atoms with E-state index in [1.165, 1.54) is 6.07 Å². The van der Waals surface area contributed by atoms with Gasteiger partial charge in [-0.25, -0.2) is 14.2 Å². The highest BCUT2D eigenvalue weighted by molar-refractivity contribution is 6.31. The van der Waals surface area contributed by atoms with E-state index in [1.54, 1.807) is 39.6 Å². The van der Waals surface area contributed by atoms with Gasteiger partial charge in [0.15, 0.2) is 11.5 Å². The third kappa shape index (κ3) is 4.87. The summed E-state index contributed by atoms with van der Waals surface area (Å²) in [7, 11) is 0. The molecule has 0 unspecified atom stereocenters. The van der Waals surface area contributed by atoms with Crippen LogP contribution in [0.4, 0.5) is 16.4 Å². The second-order valence-corrected chi connectivity index (χ2v) is 9.83. The van der Waals surface area contributed by atoms with Crippen molar-refractivity contribution >= 4 is 45.9 Å². The Kier molecular flexibility index (Phi) is 6.87. The van der Waals surface area contributed by atoms with Crippen LogP contribution in [0, 0.1) is 10.1 Å². The molecule has 5 aromatic rings. The van der Waals surface area contributed by atoms with Gasteiger partial charge in [0, 0.05) is 42.7 Å². The number of halogens is 1. The molecule has 1 aliphatic heterocycles. The summed E-state index contributed by atoms with van der Waals surface area (Å²) < 4.78 is 7.31. The van der Waals surface area contributed by atoms with E-state index < -0.39 is 4.92 Å². The minimum Gasteiger partial charge on any atom is -0.445 e. The number of ether oxygens (including phenoxy) is 1. The van der Waals surface area contributed by atoms with E-state index in [1.807, 2.05) is 41.3 Å². The number of rotatable bonds is 5. The average Bonchev–Trinajstić information content (AvgIpc) is 3.26. The minimum absolute atomic E-state index is 0.0813. The quantitative estimate of drug-likeness (QED) is 0.209. The van der Waals surface area contributed by atoms with E-state index >= 15 is 0 Å². The molecule has 6 rings (SSSR count). The largest absolute Gasteiger partial charge is 0.445 e. The molecule has 1 amide bonds. The second kappa shape index (κ2) is 10.8. The van der Waals surface area contributed by atoms with Crippen LogP contribution in [0.3, 0.4) is 0 Å². The first kappa shape index (κ1) is 25.5. The van der Waals surface area contributed by atoms with E-state index in [4.69, 9.17) is 21.3 Å². The lowest BCUT2D eigenvalue weighted by molar-refractivity contribution is -0.384. The molecule has 2 aromatic heterocycles. The van der Waals surface area contributed by atoms with E-state index in [2.05, 4.69) is 10.2 Å². The Labute approximate surface area is 233 Å². The molecule has 11 nitrogen and oxygen atoms in total. The summed E-state index contributed by atoms with van der Waals surface area (Å²) >= 11 is 6.29. The maximum absolute atomic E-state index is 12.9. The fourth-order valence-corrected chi connectivity index (χ4v) is 5.08. The number of carbonyl (C=O) groups excluding carboxylic acids is 1. The summed E-state index contributed by atoms with van der Waals surface area (Å²) in [5, 5.41) is 21.9. The second-order valence-electron chi connectivity index (χ2n) is 9.40. The molecule has 0 bridgehead atoms. The Balaban J connectivity index is 1.36. The predicted octanol–water partition coefficient (Wildman–Crippen LogP) is 5.36. The van der Waals surface area contributed by atoms with E-state index in [9.17, 15) is 14.9 Å². The molecule has 0 saturated carbocycles. The van der Waals surface area contributed by atoms with Crippen molar-refractivity contribution in [3.8, 4) is 11.4 Å². The van der Waals surface area contributed by atoms with Crippen molar-refractivity contribution in [2.24, 2.45) is 0 Å². The van der Waals surface area contributed by atoms with Gasteiger partial charge in [-0.3, -0.25) is 10.1 Å². The van der Waals surface area contributed by atoms with Crippen LogP contribution in [0.15, 0.2) is 72.8 Å². The van der Waals surface area contributed by atoms with Crippen LogP contribution >= 0.6 is 11.6 Å². The van der Waals surface area contributed by atoms with Crippen LogP contribution in [0.1, 0.15) is 12.0 Å². The number of amides is 1. The molecule has 0 aliphatic carbocycles. The van der Waals surface area contributed by atoms with Gasteiger partial charge in [-0.15, -0.1) is 10.2 Å². The van der Waals surface area contributed by atoms with Crippen LogP contribution in [0.2, 0.25) is 5.02 Å². The number of nitrogens with zero attached hydrogens (tertiary/aromatic N) is 7. The number of hydrogen-bond acceptors (Lipinski definition) is 8. The zero-order valence-electron chi connectivity index (χ0n) is 21.3. The molecule has 12 heteroatoms. The predicted molar refractivity (Wildman–Crippen MR) is 150 cm³/mol. The number of benzene rings is 3. The van der Waals surface area contributed by atoms with Crippen molar-refractivity contribution in [3.63, 3.8) is 0 Å². The van der Waals surface area contributed by atoms with Crippen molar-refractivity contribution in [2.45, 2.75) is 13.0 Å². The lowest BCUT2D eigenvalue weighted by atomic mass is 10.1. The van der Waals surface area contributed by atoms with Gasteiger partial charge in [-0.1, -0.05) is 54.1 Å². The number of hydrogen-bond donors (Lipinski definition) is 0. The highest BCUT2D eigenvalue weighted by Crippen LogP contribution is 2.33. The molecule has 1 saturated heterocycles. The number of nitro groups is 1. The van der Waals surface area contributed by atoms with Crippen molar-refractivity contribution in [1.82, 2.24) is 24.5 Å². The Hall–Kier alpha value is -4.77. The molecule has 3 aromatic carbocycles. The monoisotopic (exact) mass is 557 g/mol. The smallest absolute Gasteiger partial charge is 0.410 e. The molecule has 40 heavy (non-hydrogen) atoms. The highest BCUT2D eigenvalue weighted by atomic mass is 35.5. The number of carbonyl (C=O) groups is 1. The maximum atomic E-state index is 12.9. The lowest BCUT2D eigenvalue weighted by Gasteiger charge is -2.24. The summed E-state index contributed by atoms with van der Waals surface area (Å²) in [5.74, 6) is 0.826. The van der Waals surface area contributed by atoms with Crippen LogP contribution in [0.5, 0.6) is 0 Å². The number of aromatic nitrogens is 4. The molecule has 1 fully saturated rings. The van der Waals surface area contributed by atoms with Gasteiger partial charge < -0.3 is 14.5 Å². The zero-order valence-corrected chi connectivity index (χ0v) is 22.1. The van der Waals surface area contributed by atoms with Crippen molar-refractivity contribution in [3.05, 3.63) is 93.5 Å². The van der Waals surface area contributed by atoms with Gasteiger partial charge in [-0.2, -0.15) is 0 Å².